The van der Waals surface area contributed by atoms with Gasteiger partial charge >= 0.3 is 0 Å². The molecule has 9 heteroatoms. The lowest BCUT2D eigenvalue weighted by atomic mass is 9.76. The SMILES string of the molecule is CN1Cc2c(c(F)cc3[nH]ccc23)Oc2ccc(F)c(c2)-c2ncc([nH]2)C(C)(c2ccccc2)CCCOCC(C)(C)C1=O. The molecule has 1 aliphatic heterocycles. The van der Waals surface area contributed by atoms with Crippen LogP contribution in [0.5, 0.6) is 11.5 Å². The van der Waals surface area contributed by atoms with Gasteiger partial charge in [0.1, 0.15) is 17.4 Å². The van der Waals surface area contributed by atoms with Gasteiger partial charge in [0.05, 0.1) is 17.6 Å². The van der Waals surface area contributed by atoms with Gasteiger partial charge in [0, 0.05) is 66.2 Å². The first kappa shape index (κ1) is 29.6. The molecule has 0 aliphatic carbocycles. The Labute approximate surface area is 255 Å². The van der Waals surface area contributed by atoms with E-state index in [0.29, 0.717) is 23.5 Å². The molecule has 5 aromatic rings. The van der Waals surface area contributed by atoms with Crippen LogP contribution in [-0.2, 0) is 21.5 Å². The molecule has 2 N–H and O–H groups in total. The lowest BCUT2D eigenvalue weighted by Gasteiger charge is -2.31. The molecule has 3 aromatic carbocycles. The molecule has 2 aromatic heterocycles. The summed E-state index contributed by atoms with van der Waals surface area (Å²) in [7, 11) is 1.69. The highest BCUT2D eigenvalue weighted by molar-refractivity contribution is 5.87. The molecule has 0 spiro atoms. The van der Waals surface area contributed by atoms with Crippen molar-refractivity contribution in [2.75, 3.05) is 20.3 Å². The fourth-order valence-electron chi connectivity index (χ4n) is 6.08. The molecule has 0 radical (unpaired) electrons. The van der Waals surface area contributed by atoms with E-state index < -0.39 is 22.5 Å². The Morgan fingerprint density at radius 1 is 1.00 bits per heavy atom. The van der Waals surface area contributed by atoms with E-state index in [-0.39, 0.29) is 36.1 Å². The monoisotopic (exact) mass is 598 g/mol. The van der Waals surface area contributed by atoms with E-state index in [2.05, 4.69) is 34.0 Å². The van der Waals surface area contributed by atoms with E-state index >= 15 is 8.78 Å². The van der Waals surface area contributed by atoms with Gasteiger partial charge in [-0.2, -0.15) is 0 Å². The molecular weight excluding hydrogens is 562 g/mol. The topological polar surface area (TPSA) is 83.2 Å². The number of carbonyl (C=O) groups is 1. The number of nitrogens with one attached hydrogen (secondary N) is 2. The summed E-state index contributed by atoms with van der Waals surface area (Å²) in [5, 5.41) is 0.721. The van der Waals surface area contributed by atoms with Crippen LogP contribution < -0.4 is 4.74 Å². The smallest absolute Gasteiger partial charge is 0.230 e. The molecule has 3 heterocycles. The third-order valence-corrected chi connectivity index (χ3v) is 8.61. The number of halogens is 2. The number of fused-ring (bicyclic) bond motifs is 8. The Balaban J connectivity index is 1.47. The molecule has 1 aliphatic rings. The summed E-state index contributed by atoms with van der Waals surface area (Å²) in [6.07, 6.45) is 4.89. The number of benzene rings is 3. The maximum atomic E-state index is 15.6. The molecule has 1 atom stereocenters. The number of rotatable bonds is 1. The fraction of sp³-hybridized carbons (Fsp3) is 0.314. The third kappa shape index (κ3) is 5.48. The number of hydrogen-bond acceptors (Lipinski definition) is 4. The largest absolute Gasteiger partial charge is 0.454 e. The lowest BCUT2D eigenvalue weighted by Crippen LogP contribution is -2.41. The van der Waals surface area contributed by atoms with Crippen LogP contribution in [-0.4, -0.2) is 46.0 Å². The van der Waals surface area contributed by atoms with Gasteiger partial charge in [-0.05, 0) is 63.4 Å². The van der Waals surface area contributed by atoms with Gasteiger partial charge < -0.3 is 24.3 Å². The summed E-state index contributed by atoms with van der Waals surface area (Å²) < 4.78 is 43.2. The second kappa shape index (κ2) is 11.5. The maximum Gasteiger partial charge on any atom is 0.230 e. The van der Waals surface area contributed by atoms with Gasteiger partial charge in [-0.25, -0.2) is 13.8 Å². The van der Waals surface area contributed by atoms with E-state index in [4.69, 9.17) is 9.47 Å². The molecule has 0 fully saturated rings. The van der Waals surface area contributed by atoms with Crippen LogP contribution in [0, 0.1) is 17.0 Å². The van der Waals surface area contributed by atoms with Crippen LogP contribution >= 0.6 is 0 Å². The standard InChI is InChI=1S/C35H36F2N4O3/c1-34(2)21-43-16-8-14-35(3,22-9-6-5-7-10-22)30-19-39-32(40-30)25-17-23(11-12-27(25)36)44-31-26(20-41(4)33(34)42)24-13-15-38-29(24)18-28(31)37/h5-7,9-13,15,17-19,38H,8,14,16,20-21H2,1-4H3,(H,39,40). The predicted octanol–water partition coefficient (Wildman–Crippen LogP) is 7.73. The summed E-state index contributed by atoms with van der Waals surface area (Å²) in [5.41, 5.74) is 1.89. The predicted molar refractivity (Wildman–Crippen MR) is 166 cm³/mol. The highest BCUT2D eigenvalue weighted by Gasteiger charge is 2.34. The van der Waals surface area contributed by atoms with Gasteiger partial charge in [0.2, 0.25) is 5.91 Å². The summed E-state index contributed by atoms with van der Waals surface area (Å²) in [4.78, 5) is 26.2. The Hall–Kier alpha value is -4.50. The zero-order valence-electron chi connectivity index (χ0n) is 25.3. The van der Waals surface area contributed by atoms with E-state index in [1.807, 2.05) is 38.1 Å². The zero-order chi connectivity index (χ0) is 31.1. The number of imidazole rings is 1. The van der Waals surface area contributed by atoms with Crippen molar-refractivity contribution in [3.8, 4) is 22.9 Å². The van der Waals surface area contributed by atoms with Crippen molar-refractivity contribution < 1.29 is 23.0 Å². The van der Waals surface area contributed by atoms with Crippen LogP contribution in [0.3, 0.4) is 0 Å². The molecule has 7 nitrogen and oxygen atoms in total. The number of carbonyl (C=O) groups excluding carboxylic acids is 1. The van der Waals surface area contributed by atoms with E-state index in [0.717, 1.165) is 29.5 Å². The Morgan fingerprint density at radius 2 is 1.80 bits per heavy atom. The number of aromatic amines is 2. The van der Waals surface area contributed by atoms with Gasteiger partial charge in [-0.15, -0.1) is 0 Å². The highest BCUT2D eigenvalue weighted by atomic mass is 19.1. The maximum absolute atomic E-state index is 15.6. The van der Waals surface area contributed by atoms with Crippen LogP contribution in [0.1, 0.15) is 50.4 Å². The lowest BCUT2D eigenvalue weighted by molar-refractivity contribution is -0.142. The van der Waals surface area contributed by atoms with Crippen LogP contribution in [0.15, 0.2) is 73.1 Å². The molecule has 4 bridgehead atoms. The number of H-pyrrole nitrogens is 2. The number of hydrogen-bond donors (Lipinski definition) is 2. The molecular formula is C35H36F2N4O3. The molecule has 1 amide bonds. The minimum atomic E-state index is -0.823. The van der Waals surface area contributed by atoms with Crippen LogP contribution in [0.4, 0.5) is 8.78 Å². The number of amides is 1. The average molecular weight is 599 g/mol. The van der Waals surface area contributed by atoms with E-state index in [9.17, 15) is 4.79 Å². The van der Waals surface area contributed by atoms with Gasteiger partial charge in [0.25, 0.3) is 0 Å². The Morgan fingerprint density at radius 3 is 2.59 bits per heavy atom. The van der Waals surface area contributed by atoms with Crippen molar-refractivity contribution in [2.24, 2.45) is 5.41 Å². The minimum absolute atomic E-state index is 0.0296. The van der Waals surface area contributed by atoms with Gasteiger partial charge in [-0.1, -0.05) is 30.3 Å². The van der Waals surface area contributed by atoms with Crippen LogP contribution in [0.2, 0.25) is 0 Å². The summed E-state index contributed by atoms with van der Waals surface area (Å²) in [6.45, 7) is 6.60. The summed E-state index contributed by atoms with van der Waals surface area (Å²) in [5.74, 6) is -0.688. The van der Waals surface area contributed by atoms with Crippen molar-refractivity contribution in [1.82, 2.24) is 19.9 Å². The molecule has 0 saturated carbocycles. The number of ether oxygens (including phenoxy) is 2. The molecule has 6 rings (SSSR count). The van der Waals surface area contributed by atoms with Crippen molar-refractivity contribution >= 4 is 16.8 Å². The van der Waals surface area contributed by atoms with Gasteiger partial charge in [0.15, 0.2) is 11.6 Å². The third-order valence-electron chi connectivity index (χ3n) is 8.61. The quantitative estimate of drug-likeness (QED) is 0.207. The Kier molecular flexibility index (Phi) is 7.75. The van der Waals surface area contributed by atoms with Crippen molar-refractivity contribution in [1.29, 1.82) is 0 Å². The molecule has 1 unspecified atom stereocenters. The fourth-order valence-corrected chi connectivity index (χ4v) is 6.08. The second-order valence-corrected chi connectivity index (χ2v) is 12.4. The van der Waals surface area contributed by atoms with E-state index in [1.165, 1.54) is 24.3 Å². The normalized spacial score (nSPS) is 19.5. The first-order chi connectivity index (χ1) is 21.1. The minimum Gasteiger partial charge on any atom is -0.454 e. The first-order valence-electron chi connectivity index (χ1n) is 14.8. The van der Waals surface area contributed by atoms with Crippen LogP contribution in [0.25, 0.3) is 22.3 Å². The van der Waals surface area contributed by atoms with Crippen molar-refractivity contribution in [2.45, 2.75) is 45.6 Å². The number of aromatic nitrogens is 3. The molecule has 228 valence electrons. The highest BCUT2D eigenvalue weighted by Crippen LogP contribution is 2.39. The zero-order valence-corrected chi connectivity index (χ0v) is 25.3. The summed E-state index contributed by atoms with van der Waals surface area (Å²) >= 11 is 0. The van der Waals surface area contributed by atoms with Crippen molar-refractivity contribution in [3.63, 3.8) is 0 Å². The van der Waals surface area contributed by atoms with Crippen molar-refractivity contribution in [3.05, 3.63) is 102 Å². The Bertz CT molecular complexity index is 1810. The van der Waals surface area contributed by atoms with Gasteiger partial charge in [-0.3, -0.25) is 4.79 Å². The number of nitrogens with zero attached hydrogens (tertiary/aromatic N) is 2. The second-order valence-electron chi connectivity index (χ2n) is 12.4. The molecule has 44 heavy (non-hydrogen) atoms. The summed E-state index contributed by atoms with van der Waals surface area (Å²) in [6, 6.07) is 17.5. The molecule has 0 saturated heterocycles. The average Bonchev–Trinajstić information content (AvgIpc) is 3.69. The van der Waals surface area contributed by atoms with E-state index in [1.54, 1.807) is 24.3 Å². The first-order valence-corrected chi connectivity index (χ1v) is 14.8.